The van der Waals surface area contributed by atoms with Crippen LogP contribution in [0.2, 0.25) is 0 Å². The Bertz CT molecular complexity index is 654. The van der Waals surface area contributed by atoms with Gasteiger partial charge in [0.1, 0.15) is 0 Å². The van der Waals surface area contributed by atoms with Gasteiger partial charge in [-0.25, -0.2) is 0 Å². The Morgan fingerprint density at radius 3 is 2.35 bits per heavy atom. The summed E-state index contributed by atoms with van der Waals surface area (Å²) < 4.78 is 5.86. The number of carbonyl (C=O) groups excluding carboxylic acids is 1. The molecule has 0 radical (unpaired) electrons. The molecule has 2 aromatic carbocycles. The Morgan fingerprint density at radius 2 is 1.65 bits per heavy atom. The fraction of sp³-hybridized carbons (Fsp3) is 0.409. The number of ether oxygens (including phenoxy) is 1. The van der Waals surface area contributed by atoms with E-state index < -0.39 is 0 Å². The van der Waals surface area contributed by atoms with E-state index >= 15 is 0 Å². The zero-order valence-electron chi connectivity index (χ0n) is 15.2. The number of carbonyl (C=O) groups is 1. The highest BCUT2D eigenvalue weighted by atomic mass is 32.2. The normalized spacial score (nSPS) is 15.2. The van der Waals surface area contributed by atoms with Gasteiger partial charge in [-0.3, -0.25) is 4.79 Å². The van der Waals surface area contributed by atoms with Crippen molar-refractivity contribution >= 4 is 17.7 Å². The van der Waals surface area contributed by atoms with Crippen LogP contribution in [0.4, 0.5) is 0 Å². The minimum Gasteiger partial charge on any atom is -0.376 e. The van der Waals surface area contributed by atoms with Gasteiger partial charge in [0.15, 0.2) is 0 Å². The van der Waals surface area contributed by atoms with Crippen molar-refractivity contribution in [1.82, 2.24) is 4.90 Å². The highest BCUT2D eigenvalue weighted by molar-refractivity contribution is 7.99. The predicted octanol–water partition coefficient (Wildman–Crippen LogP) is 4.62. The van der Waals surface area contributed by atoms with Crippen LogP contribution in [-0.4, -0.2) is 36.3 Å². The summed E-state index contributed by atoms with van der Waals surface area (Å²) in [5, 5.41) is 0. The second-order valence-electron chi connectivity index (χ2n) is 6.74. The topological polar surface area (TPSA) is 29.5 Å². The Kier molecular flexibility index (Phi) is 7.59. The average molecular weight is 370 g/mol. The number of thioether (sulfide) groups is 1. The van der Waals surface area contributed by atoms with E-state index in [2.05, 4.69) is 24.3 Å². The Balaban J connectivity index is 1.29. The minimum atomic E-state index is 0.289. The molecular weight excluding hydrogens is 342 g/mol. The lowest BCUT2D eigenvalue weighted by molar-refractivity contribution is -0.132. The maximum Gasteiger partial charge on any atom is 0.223 e. The SMILES string of the molecule is O=C(CCSc1ccccc1)N1CCC(COCc2ccccc2)CC1. The minimum absolute atomic E-state index is 0.289. The maximum atomic E-state index is 12.4. The van der Waals surface area contributed by atoms with E-state index in [0.29, 0.717) is 18.9 Å². The molecule has 0 N–H and O–H groups in total. The van der Waals surface area contributed by atoms with Crippen molar-refractivity contribution in [3.8, 4) is 0 Å². The van der Waals surface area contributed by atoms with Gasteiger partial charge in [0, 0.05) is 36.8 Å². The van der Waals surface area contributed by atoms with Gasteiger partial charge in [-0.1, -0.05) is 48.5 Å². The number of piperidine rings is 1. The van der Waals surface area contributed by atoms with E-state index in [4.69, 9.17) is 4.74 Å². The number of hydrogen-bond donors (Lipinski definition) is 0. The number of benzene rings is 2. The molecule has 1 saturated heterocycles. The van der Waals surface area contributed by atoms with Crippen LogP contribution in [0.25, 0.3) is 0 Å². The number of rotatable bonds is 8. The van der Waals surface area contributed by atoms with Crippen LogP contribution < -0.4 is 0 Å². The molecule has 1 aliphatic heterocycles. The van der Waals surface area contributed by atoms with Crippen molar-refractivity contribution < 1.29 is 9.53 Å². The quantitative estimate of drug-likeness (QED) is 0.636. The molecule has 0 aromatic heterocycles. The summed E-state index contributed by atoms with van der Waals surface area (Å²) >= 11 is 1.75. The molecule has 0 aliphatic carbocycles. The van der Waals surface area contributed by atoms with Crippen molar-refractivity contribution in [2.45, 2.75) is 30.8 Å². The molecule has 0 saturated carbocycles. The summed E-state index contributed by atoms with van der Waals surface area (Å²) in [7, 11) is 0. The summed E-state index contributed by atoms with van der Waals surface area (Å²) in [4.78, 5) is 15.6. The van der Waals surface area contributed by atoms with Crippen LogP contribution in [0.5, 0.6) is 0 Å². The van der Waals surface area contributed by atoms with E-state index in [1.165, 1.54) is 10.5 Å². The molecule has 0 unspecified atom stereocenters. The van der Waals surface area contributed by atoms with Gasteiger partial charge in [0.25, 0.3) is 0 Å². The molecule has 1 heterocycles. The van der Waals surface area contributed by atoms with Crippen molar-refractivity contribution in [3.05, 3.63) is 66.2 Å². The summed E-state index contributed by atoms with van der Waals surface area (Å²) in [6, 6.07) is 20.6. The summed E-state index contributed by atoms with van der Waals surface area (Å²) in [6.07, 6.45) is 2.72. The number of amides is 1. The highest BCUT2D eigenvalue weighted by Gasteiger charge is 2.22. The van der Waals surface area contributed by atoms with Gasteiger partial charge < -0.3 is 9.64 Å². The van der Waals surface area contributed by atoms with Crippen molar-refractivity contribution in [2.75, 3.05) is 25.4 Å². The molecule has 0 spiro atoms. The number of nitrogens with zero attached hydrogens (tertiary/aromatic N) is 1. The zero-order chi connectivity index (χ0) is 18.0. The van der Waals surface area contributed by atoms with E-state index in [0.717, 1.165) is 38.3 Å². The van der Waals surface area contributed by atoms with Crippen molar-refractivity contribution in [3.63, 3.8) is 0 Å². The third-order valence-corrected chi connectivity index (χ3v) is 5.77. The van der Waals surface area contributed by atoms with Gasteiger partial charge in [0.2, 0.25) is 5.91 Å². The summed E-state index contributed by atoms with van der Waals surface area (Å²) in [5.41, 5.74) is 1.22. The molecule has 138 valence electrons. The second kappa shape index (κ2) is 10.4. The van der Waals surface area contributed by atoms with Gasteiger partial charge in [0.05, 0.1) is 6.61 Å². The molecule has 2 aromatic rings. The molecule has 0 bridgehead atoms. The molecule has 1 fully saturated rings. The first-order chi connectivity index (χ1) is 12.8. The summed E-state index contributed by atoms with van der Waals surface area (Å²) in [6.45, 7) is 3.21. The Morgan fingerprint density at radius 1 is 1.00 bits per heavy atom. The molecule has 1 aliphatic rings. The monoisotopic (exact) mass is 369 g/mol. The largest absolute Gasteiger partial charge is 0.376 e. The van der Waals surface area contributed by atoms with Crippen molar-refractivity contribution in [1.29, 1.82) is 0 Å². The predicted molar refractivity (Wildman–Crippen MR) is 107 cm³/mol. The van der Waals surface area contributed by atoms with E-state index in [-0.39, 0.29) is 5.91 Å². The molecule has 4 heteroatoms. The van der Waals surface area contributed by atoms with Crippen LogP contribution in [0.3, 0.4) is 0 Å². The van der Waals surface area contributed by atoms with Gasteiger partial charge in [-0.15, -0.1) is 11.8 Å². The lowest BCUT2D eigenvalue weighted by Gasteiger charge is -2.32. The lowest BCUT2D eigenvalue weighted by Crippen LogP contribution is -2.39. The fourth-order valence-corrected chi connectivity index (χ4v) is 4.06. The standard InChI is InChI=1S/C22H27NO2S/c24-22(13-16-26-21-9-5-2-6-10-21)23-14-11-20(12-15-23)18-25-17-19-7-3-1-4-8-19/h1-10,20H,11-18H2. The van der Waals surface area contributed by atoms with Crippen LogP contribution in [0.15, 0.2) is 65.6 Å². The second-order valence-corrected chi connectivity index (χ2v) is 7.90. The molecule has 26 heavy (non-hydrogen) atoms. The van der Waals surface area contributed by atoms with Gasteiger partial charge >= 0.3 is 0 Å². The smallest absolute Gasteiger partial charge is 0.223 e. The Labute approximate surface area is 160 Å². The number of likely N-dealkylation sites (tertiary alicyclic amines) is 1. The Hall–Kier alpha value is -1.78. The third-order valence-electron chi connectivity index (χ3n) is 4.76. The lowest BCUT2D eigenvalue weighted by atomic mass is 9.97. The van der Waals surface area contributed by atoms with Gasteiger partial charge in [-0.2, -0.15) is 0 Å². The zero-order valence-corrected chi connectivity index (χ0v) is 16.0. The van der Waals surface area contributed by atoms with E-state index in [1.807, 2.05) is 41.3 Å². The first kappa shape index (κ1) is 19.0. The van der Waals surface area contributed by atoms with Crippen LogP contribution in [-0.2, 0) is 16.1 Å². The molecular formula is C22H27NO2S. The van der Waals surface area contributed by atoms with Gasteiger partial charge in [-0.05, 0) is 36.5 Å². The van der Waals surface area contributed by atoms with Crippen LogP contribution in [0.1, 0.15) is 24.8 Å². The fourth-order valence-electron chi connectivity index (χ4n) is 3.20. The third kappa shape index (κ3) is 6.19. The maximum absolute atomic E-state index is 12.4. The first-order valence-electron chi connectivity index (χ1n) is 9.38. The van der Waals surface area contributed by atoms with Crippen molar-refractivity contribution in [2.24, 2.45) is 5.92 Å². The van der Waals surface area contributed by atoms with Crippen LogP contribution in [0, 0.1) is 5.92 Å². The number of hydrogen-bond acceptors (Lipinski definition) is 3. The van der Waals surface area contributed by atoms with E-state index in [9.17, 15) is 4.79 Å². The highest BCUT2D eigenvalue weighted by Crippen LogP contribution is 2.21. The average Bonchev–Trinajstić information content (AvgIpc) is 2.70. The molecule has 0 atom stereocenters. The first-order valence-corrected chi connectivity index (χ1v) is 10.4. The molecule has 1 amide bonds. The summed E-state index contributed by atoms with van der Waals surface area (Å²) in [5.74, 6) is 1.71. The van der Waals surface area contributed by atoms with E-state index in [1.54, 1.807) is 11.8 Å². The molecule has 3 nitrogen and oxygen atoms in total. The molecule has 3 rings (SSSR count). The van der Waals surface area contributed by atoms with Crippen LogP contribution >= 0.6 is 11.8 Å².